The van der Waals surface area contributed by atoms with Gasteiger partial charge in [-0.3, -0.25) is 0 Å². The van der Waals surface area contributed by atoms with E-state index in [1.165, 1.54) is 6.07 Å². The van der Waals surface area contributed by atoms with Crippen LogP contribution in [0.15, 0.2) is 30.5 Å². The molecule has 1 aromatic carbocycles. The van der Waals surface area contributed by atoms with Crippen molar-refractivity contribution in [2.75, 3.05) is 24.5 Å². The molecule has 6 nitrogen and oxygen atoms in total. The van der Waals surface area contributed by atoms with E-state index >= 15 is 0 Å². The summed E-state index contributed by atoms with van der Waals surface area (Å²) in [5.74, 6) is -0.770. The SMILES string of the molecule is Cc1nccc(CNC(=O)NC[C@H]2CCN(c3ccc(F)c(F)c3)C2)n1. The van der Waals surface area contributed by atoms with Crippen molar-refractivity contribution in [3.8, 4) is 0 Å². The maximum absolute atomic E-state index is 13.4. The minimum atomic E-state index is -0.846. The zero-order valence-electron chi connectivity index (χ0n) is 14.5. The van der Waals surface area contributed by atoms with Crippen molar-refractivity contribution in [2.24, 2.45) is 5.92 Å². The largest absolute Gasteiger partial charge is 0.371 e. The van der Waals surface area contributed by atoms with Crippen LogP contribution < -0.4 is 15.5 Å². The Hall–Kier alpha value is -2.77. The number of benzene rings is 1. The Kier molecular flexibility index (Phi) is 5.60. The summed E-state index contributed by atoms with van der Waals surface area (Å²) in [5.41, 5.74) is 1.41. The summed E-state index contributed by atoms with van der Waals surface area (Å²) in [6, 6.07) is 5.42. The molecule has 2 N–H and O–H groups in total. The number of urea groups is 1. The Labute approximate surface area is 150 Å². The van der Waals surface area contributed by atoms with Gasteiger partial charge in [-0.15, -0.1) is 0 Å². The Bertz CT molecular complexity index is 786. The van der Waals surface area contributed by atoms with Gasteiger partial charge < -0.3 is 15.5 Å². The van der Waals surface area contributed by atoms with E-state index in [0.29, 0.717) is 31.1 Å². The van der Waals surface area contributed by atoms with Gasteiger partial charge in [0.05, 0.1) is 12.2 Å². The number of hydrogen-bond acceptors (Lipinski definition) is 4. The zero-order valence-corrected chi connectivity index (χ0v) is 14.5. The molecular weight excluding hydrogens is 340 g/mol. The molecule has 0 saturated carbocycles. The van der Waals surface area contributed by atoms with Gasteiger partial charge >= 0.3 is 6.03 Å². The molecule has 1 fully saturated rings. The second-order valence-electron chi connectivity index (χ2n) is 6.36. The van der Waals surface area contributed by atoms with Gasteiger partial charge in [-0.25, -0.2) is 23.5 Å². The van der Waals surface area contributed by atoms with Crippen LogP contribution in [0.4, 0.5) is 19.3 Å². The first kappa shape index (κ1) is 18.0. The lowest BCUT2D eigenvalue weighted by molar-refractivity contribution is 0.238. The van der Waals surface area contributed by atoms with Crippen LogP contribution in [0.5, 0.6) is 0 Å². The lowest BCUT2D eigenvalue weighted by Crippen LogP contribution is -2.38. The summed E-state index contributed by atoms with van der Waals surface area (Å²) in [7, 11) is 0. The van der Waals surface area contributed by atoms with E-state index in [0.717, 1.165) is 24.7 Å². The minimum absolute atomic E-state index is 0.257. The molecule has 0 unspecified atom stereocenters. The highest BCUT2D eigenvalue weighted by Gasteiger charge is 2.23. The zero-order chi connectivity index (χ0) is 18.5. The molecule has 26 heavy (non-hydrogen) atoms. The molecule has 1 aromatic heterocycles. The topological polar surface area (TPSA) is 70.2 Å². The van der Waals surface area contributed by atoms with E-state index < -0.39 is 11.6 Å². The molecule has 0 spiro atoms. The molecule has 2 aromatic rings. The number of amides is 2. The van der Waals surface area contributed by atoms with E-state index in [-0.39, 0.29) is 11.9 Å². The average molecular weight is 361 g/mol. The number of anilines is 1. The summed E-state index contributed by atoms with van der Waals surface area (Å²) in [4.78, 5) is 22.1. The maximum atomic E-state index is 13.4. The molecule has 8 heteroatoms. The number of nitrogens with zero attached hydrogens (tertiary/aromatic N) is 3. The normalized spacial score (nSPS) is 16.6. The van der Waals surface area contributed by atoms with Gasteiger partial charge in [-0.2, -0.15) is 0 Å². The smallest absolute Gasteiger partial charge is 0.315 e. The van der Waals surface area contributed by atoms with E-state index in [4.69, 9.17) is 0 Å². The van der Waals surface area contributed by atoms with E-state index in [2.05, 4.69) is 20.6 Å². The Morgan fingerprint density at radius 1 is 1.27 bits per heavy atom. The van der Waals surface area contributed by atoms with Crippen LogP contribution in [0.1, 0.15) is 17.9 Å². The highest BCUT2D eigenvalue weighted by atomic mass is 19.2. The van der Waals surface area contributed by atoms with E-state index in [1.807, 2.05) is 4.90 Å². The van der Waals surface area contributed by atoms with Gasteiger partial charge in [0, 0.05) is 37.6 Å². The lowest BCUT2D eigenvalue weighted by Gasteiger charge is -2.19. The van der Waals surface area contributed by atoms with Crippen LogP contribution in [0, 0.1) is 24.5 Å². The molecule has 2 heterocycles. The number of nitrogens with one attached hydrogen (secondary N) is 2. The molecule has 0 aliphatic carbocycles. The third-order valence-corrected chi connectivity index (χ3v) is 4.37. The quantitative estimate of drug-likeness (QED) is 0.858. The van der Waals surface area contributed by atoms with Gasteiger partial charge in [0.2, 0.25) is 0 Å². The van der Waals surface area contributed by atoms with Crippen LogP contribution >= 0.6 is 0 Å². The fourth-order valence-corrected chi connectivity index (χ4v) is 2.99. The van der Waals surface area contributed by atoms with Crippen molar-refractivity contribution in [3.05, 3.63) is 53.6 Å². The van der Waals surface area contributed by atoms with Gasteiger partial charge in [0.25, 0.3) is 0 Å². The Morgan fingerprint density at radius 3 is 2.88 bits per heavy atom. The molecule has 1 atom stereocenters. The third-order valence-electron chi connectivity index (χ3n) is 4.37. The molecule has 1 saturated heterocycles. The number of rotatable bonds is 5. The van der Waals surface area contributed by atoms with Gasteiger partial charge in [-0.1, -0.05) is 0 Å². The molecule has 2 amide bonds. The number of halogens is 2. The van der Waals surface area contributed by atoms with Crippen LogP contribution in [0.25, 0.3) is 0 Å². The third kappa shape index (κ3) is 4.65. The fourth-order valence-electron chi connectivity index (χ4n) is 2.99. The number of carbonyl (C=O) groups is 1. The Balaban J connectivity index is 1.42. The number of hydrogen-bond donors (Lipinski definition) is 2. The molecule has 1 aliphatic heterocycles. The number of aryl methyl sites for hydroxylation is 1. The highest BCUT2D eigenvalue weighted by molar-refractivity contribution is 5.73. The lowest BCUT2D eigenvalue weighted by atomic mass is 10.1. The van der Waals surface area contributed by atoms with Gasteiger partial charge in [-0.05, 0) is 37.5 Å². The van der Waals surface area contributed by atoms with Crippen LogP contribution in [0.3, 0.4) is 0 Å². The molecular formula is C18H21F2N5O. The van der Waals surface area contributed by atoms with Crippen molar-refractivity contribution in [1.29, 1.82) is 0 Å². The monoisotopic (exact) mass is 361 g/mol. The van der Waals surface area contributed by atoms with Crippen molar-refractivity contribution >= 4 is 11.7 Å². The molecule has 138 valence electrons. The summed E-state index contributed by atoms with van der Waals surface area (Å²) in [5, 5.41) is 5.61. The van der Waals surface area contributed by atoms with Crippen LogP contribution in [-0.4, -0.2) is 35.6 Å². The van der Waals surface area contributed by atoms with E-state index in [1.54, 1.807) is 25.3 Å². The highest BCUT2D eigenvalue weighted by Crippen LogP contribution is 2.24. The van der Waals surface area contributed by atoms with Crippen molar-refractivity contribution < 1.29 is 13.6 Å². The second-order valence-corrected chi connectivity index (χ2v) is 6.36. The first-order valence-corrected chi connectivity index (χ1v) is 8.51. The standard InChI is InChI=1S/C18H21F2N5O/c1-12-21-6-4-14(24-12)10-23-18(26)22-9-13-5-7-25(11-13)15-2-3-16(19)17(20)8-15/h2-4,6,8,13H,5,7,9-11H2,1H3,(H2,22,23,26)/t13-/m1/s1. The first-order chi connectivity index (χ1) is 12.5. The summed E-state index contributed by atoms with van der Waals surface area (Å²) in [6.45, 7) is 4.09. The van der Waals surface area contributed by atoms with Crippen molar-refractivity contribution in [1.82, 2.24) is 20.6 Å². The predicted molar refractivity (Wildman–Crippen MR) is 93.7 cm³/mol. The second kappa shape index (κ2) is 8.07. The number of carbonyl (C=O) groups excluding carboxylic acids is 1. The molecule has 0 radical (unpaired) electrons. The minimum Gasteiger partial charge on any atom is -0.371 e. The first-order valence-electron chi connectivity index (χ1n) is 8.51. The summed E-state index contributed by atoms with van der Waals surface area (Å²) < 4.78 is 26.4. The maximum Gasteiger partial charge on any atom is 0.315 e. The average Bonchev–Trinajstić information content (AvgIpc) is 3.09. The summed E-state index contributed by atoms with van der Waals surface area (Å²) in [6.07, 6.45) is 2.53. The van der Waals surface area contributed by atoms with Gasteiger partial charge in [0.1, 0.15) is 5.82 Å². The van der Waals surface area contributed by atoms with Gasteiger partial charge in [0.15, 0.2) is 11.6 Å². The molecule has 0 bridgehead atoms. The predicted octanol–water partition coefficient (Wildman–Crippen LogP) is 2.39. The Morgan fingerprint density at radius 2 is 2.12 bits per heavy atom. The van der Waals surface area contributed by atoms with Crippen molar-refractivity contribution in [2.45, 2.75) is 19.9 Å². The van der Waals surface area contributed by atoms with Crippen molar-refractivity contribution in [3.63, 3.8) is 0 Å². The fraction of sp³-hybridized carbons (Fsp3) is 0.389. The van der Waals surface area contributed by atoms with E-state index in [9.17, 15) is 13.6 Å². The molecule has 1 aliphatic rings. The van der Waals surface area contributed by atoms with Crippen LogP contribution in [-0.2, 0) is 6.54 Å². The molecule has 3 rings (SSSR count). The number of aromatic nitrogens is 2. The summed E-state index contributed by atoms with van der Waals surface area (Å²) >= 11 is 0. The van der Waals surface area contributed by atoms with Crippen LogP contribution in [0.2, 0.25) is 0 Å².